The topological polar surface area (TPSA) is 229 Å². The maximum atomic E-state index is 14.9. The Morgan fingerprint density at radius 3 is 1.37 bits per heavy atom. The lowest BCUT2D eigenvalue weighted by atomic mass is 9.77. The number of hydrogen-bond acceptors (Lipinski definition) is 10. The van der Waals surface area contributed by atoms with Gasteiger partial charge in [-0.25, -0.2) is 13.6 Å². The lowest BCUT2D eigenvalue weighted by molar-refractivity contribution is -0.160. The molecule has 2 aromatic carbocycles. The first-order valence-corrected chi connectivity index (χ1v) is 34.5. The second-order valence-corrected chi connectivity index (χ2v) is 30.0. The number of halogens is 2. The van der Waals surface area contributed by atoms with Crippen LogP contribution in [0.2, 0.25) is 0 Å². The first kappa shape index (κ1) is 65.4. The van der Waals surface area contributed by atoms with Crippen LogP contribution in [0.4, 0.5) is 13.6 Å². The number of esters is 1. The van der Waals surface area contributed by atoms with Crippen LogP contribution in [0, 0.1) is 41.2 Å². The number of hydrogen-bond donors (Lipinski definition) is 5. The number of aromatic amines is 2. The quantitative estimate of drug-likeness (QED) is 0.0795. The molecular weight excluding hydrogens is 1140 g/mol. The minimum absolute atomic E-state index is 0.0196. The van der Waals surface area contributed by atoms with Gasteiger partial charge in [-0.3, -0.25) is 24.0 Å². The van der Waals surface area contributed by atoms with Crippen LogP contribution in [0.25, 0.3) is 21.8 Å². The number of fused-ring (bicyclic) bond motifs is 4. The van der Waals surface area contributed by atoms with Crippen molar-refractivity contribution < 1.29 is 47.0 Å². The number of nitrogens with one attached hydrogen (secondary N) is 3. The van der Waals surface area contributed by atoms with Crippen LogP contribution in [0.15, 0.2) is 48.8 Å². The highest BCUT2D eigenvalue weighted by molar-refractivity contribution is 5.91. The van der Waals surface area contributed by atoms with Crippen molar-refractivity contribution in [3.8, 4) is 0 Å². The summed E-state index contributed by atoms with van der Waals surface area (Å²) in [7, 11) is 0. The van der Waals surface area contributed by atoms with Gasteiger partial charge in [0.2, 0.25) is 23.6 Å². The summed E-state index contributed by atoms with van der Waals surface area (Å²) < 4.78 is 39.7. The summed E-state index contributed by atoms with van der Waals surface area (Å²) in [6.45, 7) is 12.9. The highest BCUT2D eigenvalue weighted by atomic mass is 19.1. The van der Waals surface area contributed by atoms with Crippen molar-refractivity contribution in [2.45, 2.75) is 255 Å². The number of nitrogens with two attached hydrogens (primary N) is 2. The molecule has 4 saturated heterocycles. The van der Waals surface area contributed by atoms with Crippen LogP contribution in [0.3, 0.4) is 0 Å². The maximum Gasteiger partial charge on any atom is 0.408 e. The second-order valence-electron chi connectivity index (χ2n) is 30.0. The lowest BCUT2D eigenvalue weighted by Gasteiger charge is -2.36. The fraction of sp³-hybridized carbons (Fsp3) is 0.690. The van der Waals surface area contributed by atoms with E-state index >= 15 is 0 Å². The van der Waals surface area contributed by atoms with E-state index in [1.807, 2.05) is 52.8 Å². The van der Waals surface area contributed by atoms with Crippen LogP contribution in [-0.2, 0) is 33.4 Å². The zero-order valence-corrected chi connectivity index (χ0v) is 54.3. The van der Waals surface area contributed by atoms with Gasteiger partial charge in [0, 0.05) is 72.2 Å². The molecule has 6 heterocycles. The van der Waals surface area contributed by atoms with Gasteiger partial charge in [0.15, 0.2) is 0 Å². The van der Waals surface area contributed by atoms with Crippen molar-refractivity contribution in [2.24, 2.45) is 41.1 Å². The van der Waals surface area contributed by atoms with Crippen molar-refractivity contribution >= 4 is 57.5 Å². The predicted molar refractivity (Wildman–Crippen MR) is 343 cm³/mol. The largest absolute Gasteiger partial charge is 0.460 e. The number of alkyl carbamates (subject to hydrolysis) is 1. The van der Waals surface area contributed by atoms with Crippen molar-refractivity contribution in [1.29, 1.82) is 0 Å². The zero-order valence-electron chi connectivity index (χ0n) is 54.3. The van der Waals surface area contributed by atoms with Crippen molar-refractivity contribution in [3.05, 3.63) is 71.6 Å². The summed E-state index contributed by atoms with van der Waals surface area (Å²) >= 11 is 0. The molecule has 0 bridgehead atoms. The molecule has 5 amide bonds. The fourth-order valence-electron chi connectivity index (χ4n) is 17.6. The number of rotatable bonds is 13. The molecule has 4 aliphatic carbocycles. The molecule has 8 aliphatic rings. The van der Waals surface area contributed by atoms with Crippen molar-refractivity contribution in [3.63, 3.8) is 0 Å². The molecule has 10 atom stereocenters. The number of benzene rings is 2. The Balaban J connectivity index is 0.000000194. The molecule has 19 heteroatoms. The van der Waals surface area contributed by atoms with Crippen molar-refractivity contribution in [1.82, 2.24) is 34.9 Å². The van der Waals surface area contributed by atoms with Gasteiger partial charge in [-0.1, -0.05) is 77.0 Å². The molecule has 0 radical (unpaired) electrons. The van der Waals surface area contributed by atoms with Gasteiger partial charge in [-0.15, -0.1) is 0 Å². The molecule has 7 N–H and O–H groups in total. The summed E-state index contributed by atoms with van der Waals surface area (Å²) in [5.41, 5.74) is 15.2. The monoisotopic (exact) mass is 1250 g/mol. The normalized spacial score (nSPS) is 26.2. The Morgan fingerprint density at radius 1 is 0.522 bits per heavy atom. The third kappa shape index (κ3) is 14.3. The number of likely N-dealkylation sites (tertiary alicyclic amines) is 4. The zero-order chi connectivity index (χ0) is 63.8. The molecule has 0 spiro atoms. The minimum Gasteiger partial charge on any atom is -0.460 e. The fourth-order valence-corrected chi connectivity index (χ4v) is 17.6. The molecule has 4 aromatic rings. The third-order valence-electron chi connectivity index (χ3n) is 21.8. The standard InChI is InChI=1S/C41H59FN4O6.C30H42FN5O2/c1-40(2,3)51-34(47)22-29(25-13-9-7-10-14-25)37(48)46-24-31(30-23-43-32-21-27(42)17-18-28(30)32)36-33(46)19-20-45(36)38(49)35(26-15-11-8-12-16-26)44-39(50)52-41(4,5)6;31-20-11-12-21-22(16-34-24(21)15-20)23-17-36(30(38)27(33)19-9-5-2-6-10-19)25-13-14-35(28(23)25)29(37)26(32)18-7-3-1-4-8-18/h17-18,21,23,25-26,29,31,33,35-36,43H,7-16,19-20,22,24H2,1-6H3,(H,44,50);11-12,15-16,18-19,23,25-28,34H,1-10,13-14,17,32-33H2/t29-,31+,33+,35-,36+;23-,25-,26+,27+,28-/m01/s1. The summed E-state index contributed by atoms with van der Waals surface area (Å²) in [5.74, 6) is -1.50. The van der Waals surface area contributed by atoms with E-state index in [-0.39, 0.29) is 107 Å². The average molecular weight is 1250 g/mol. The number of nitrogens with zero attached hydrogens (tertiary/aromatic N) is 4. The molecule has 492 valence electrons. The van der Waals surface area contributed by atoms with E-state index in [9.17, 15) is 37.5 Å². The van der Waals surface area contributed by atoms with E-state index in [0.29, 0.717) is 38.1 Å². The third-order valence-corrected chi connectivity index (χ3v) is 21.8. The van der Waals surface area contributed by atoms with E-state index in [1.54, 1.807) is 32.9 Å². The average Bonchev–Trinajstić information content (AvgIpc) is 1.62. The summed E-state index contributed by atoms with van der Waals surface area (Å²) in [6.07, 6.45) is 25.3. The first-order chi connectivity index (χ1) is 43.0. The summed E-state index contributed by atoms with van der Waals surface area (Å²) in [6, 6.07) is 6.85. The molecule has 0 unspecified atom stereocenters. The number of amides is 5. The molecule has 17 nitrogen and oxygen atoms in total. The van der Waals surface area contributed by atoms with Gasteiger partial charge in [0.05, 0.1) is 48.6 Å². The van der Waals surface area contributed by atoms with E-state index < -0.39 is 41.3 Å². The van der Waals surface area contributed by atoms with Crippen LogP contribution in [-0.4, -0.2) is 145 Å². The predicted octanol–water partition coefficient (Wildman–Crippen LogP) is 11.6. The molecule has 8 fully saturated rings. The molecule has 12 rings (SSSR count). The Kier molecular flexibility index (Phi) is 20.1. The van der Waals surface area contributed by atoms with Gasteiger partial charge in [0.25, 0.3) is 0 Å². The Hall–Kier alpha value is -6.08. The highest BCUT2D eigenvalue weighted by Gasteiger charge is 2.57. The molecule has 2 aromatic heterocycles. The van der Waals surface area contributed by atoms with E-state index in [4.69, 9.17) is 20.9 Å². The van der Waals surface area contributed by atoms with Gasteiger partial charge in [-0.05, 0) is 177 Å². The van der Waals surface area contributed by atoms with Crippen LogP contribution < -0.4 is 16.8 Å². The number of carbonyl (C=O) groups excluding carboxylic acids is 6. The summed E-state index contributed by atoms with van der Waals surface area (Å²) in [4.78, 5) is 98.4. The molecular formula is C71H101F2N9O8. The van der Waals surface area contributed by atoms with E-state index in [2.05, 4.69) is 15.3 Å². The SMILES string of the molecule is CC(C)(C)OC(=O)C[C@H](C(=O)N1C[C@H](c2c[nH]c3cc(F)ccc23)[C@@H]2[C@H]1CCN2C(=O)[C@@H](NC(=O)OC(C)(C)C)C1CCCCC1)C1CCCCC1.N[C@H](C(=O)N1CC[C@@H]2[C@H]1[C@@H](c1c[nH]c3cc(F)ccc13)CN2C(=O)[C@@H](N)C1CCCCC1)C1CCCCC1. The molecule has 4 saturated carbocycles. The number of aromatic nitrogens is 2. The van der Waals surface area contributed by atoms with Crippen LogP contribution in [0.5, 0.6) is 0 Å². The Labute approximate surface area is 530 Å². The lowest BCUT2D eigenvalue weighted by Crippen LogP contribution is -2.55. The second kappa shape index (κ2) is 27.6. The molecule has 90 heavy (non-hydrogen) atoms. The van der Waals surface area contributed by atoms with E-state index in [0.717, 1.165) is 149 Å². The highest BCUT2D eigenvalue weighted by Crippen LogP contribution is 2.48. The van der Waals surface area contributed by atoms with Crippen LogP contribution >= 0.6 is 0 Å². The number of H-pyrrole nitrogens is 2. The van der Waals surface area contributed by atoms with Crippen molar-refractivity contribution in [2.75, 3.05) is 26.2 Å². The van der Waals surface area contributed by atoms with Gasteiger partial charge in [-0.2, -0.15) is 0 Å². The molecule has 4 aliphatic heterocycles. The van der Waals surface area contributed by atoms with Gasteiger partial charge >= 0.3 is 12.1 Å². The number of carbonyl (C=O) groups is 6. The first-order valence-electron chi connectivity index (χ1n) is 34.5. The van der Waals surface area contributed by atoms with Gasteiger partial charge < -0.3 is 55.8 Å². The maximum absolute atomic E-state index is 14.9. The Bertz CT molecular complexity index is 3110. The van der Waals surface area contributed by atoms with Gasteiger partial charge in [0.1, 0.15) is 28.9 Å². The Morgan fingerprint density at radius 2 is 0.922 bits per heavy atom. The van der Waals surface area contributed by atoms with Crippen LogP contribution in [0.1, 0.15) is 212 Å². The summed E-state index contributed by atoms with van der Waals surface area (Å²) in [5, 5.41) is 4.78. The van der Waals surface area contributed by atoms with E-state index in [1.165, 1.54) is 37.1 Å². The number of ether oxygens (including phenoxy) is 2. The smallest absolute Gasteiger partial charge is 0.408 e. The minimum atomic E-state index is -0.751.